The van der Waals surface area contributed by atoms with Gasteiger partial charge >= 0.3 is 6.09 Å². The van der Waals surface area contributed by atoms with Gasteiger partial charge in [-0.25, -0.2) is 9.78 Å². The number of rotatable bonds is 8. The Hall–Kier alpha value is -2.64. The summed E-state index contributed by atoms with van der Waals surface area (Å²) in [5, 5.41) is 8.91. The maximum atomic E-state index is 12.4. The van der Waals surface area contributed by atoms with Crippen LogP contribution in [0, 0.1) is 5.92 Å². The SMILES string of the molecule is CCn1ncc2cc(Cl)nc(C3CC3COC[C@@H](NC(=O)OC(C)(C)C)c3ccccc3)c21. The van der Waals surface area contributed by atoms with Gasteiger partial charge in [0.15, 0.2) is 0 Å². The van der Waals surface area contributed by atoms with E-state index in [4.69, 9.17) is 21.1 Å². The third kappa shape index (κ3) is 5.84. The molecule has 3 aromatic rings. The molecule has 0 radical (unpaired) electrons. The first kappa shape index (κ1) is 23.5. The second-order valence-corrected chi connectivity index (χ2v) is 9.86. The van der Waals surface area contributed by atoms with Gasteiger partial charge in [-0.2, -0.15) is 5.10 Å². The number of alkyl carbamates (subject to hydrolysis) is 1. The molecule has 0 saturated heterocycles. The fourth-order valence-corrected chi connectivity index (χ4v) is 4.28. The van der Waals surface area contributed by atoms with Crippen LogP contribution in [0.4, 0.5) is 4.79 Å². The van der Waals surface area contributed by atoms with Gasteiger partial charge in [-0.3, -0.25) is 4.68 Å². The number of aromatic nitrogens is 3. The summed E-state index contributed by atoms with van der Waals surface area (Å²) in [6.07, 6.45) is 2.38. The van der Waals surface area contributed by atoms with Gasteiger partial charge in [-0.05, 0) is 51.7 Å². The zero-order valence-corrected chi connectivity index (χ0v) is 20.3. The van der Waals surface area contributed by atoms with Gasteiger partial charge in [0.2, 0.25) is 0 Å². The lowest BCUT2D eigenvalue weighted by Crippen LogP contribution is -2.36. The highest BCUT2D eigenvalue weighted by Crippen LogP contribution is 2.49. The number of carbonyl (C=O) groups is 1. The highest BCUT2D eigenvalue weighted by Gasteiger charge is 2.41. The molecule has 4 rings (SSSR count). The van der Waals surface area contributed by atoms with Crippen molar-refractivity contribution in [3.8, 4) is 0 Å². The summed E-state index contributed by atoms with van der Waals surface area (Å²) in [4.78, 5) is 17.0. The molecular weight excluding hydrogens is 440 g/mol. The number of benzene rings is 1. The molecule has 176 valence electrons. The molecule has 33 heavy (non-hydrogen) atoms. The van der Waals surface area contributed by atoms with E-state index in [0.717, 1.165) is 35.1 Å². The van der Waals surface area contributed by atoms with Crippen LogP contribution in [0.5, 0.6) is 0 Å². The molecule has 1 aliphatic carbocycles. The van der Waals surface area contributed by atoms with E-state index in [1.54, 1.807) is 0 Å². The van der Waals surface area contributed by atoms with E-state index in [-0.39, 0.29) is 6.04 Å². The largest absolute Gasteiger partial charge is 0.444 e. The number of hydrogen-bond donors (Lipinski definition) is 1. The number of nitrogens with one attached hydrogen (secondary N) is 1. The van der Waals surface area contributed by atoms with Crippen LogP contribution in [0.2, 0.25) is 5.15 Å². The number of ether oxygens (including phenoxy) is 2. The van der Waals surface area contributed by atoms with Gasteiger partial charge in [0.25, 0.3) is 0 Å². The monoisotopic (exact) mass is 470 g/mol. The predicted octanol–water partition coefficient (Wildman–Crippen LogP) is 5.49. The highest BCUT2D eigenvalue weighted by atomic mass is 35.5. The summed E-state index contributed by atoms with van der Waals surface area (Å²) in [5.74, 6) is 0.652. The van der Waals surface area contributed by atoms with E-state index >= 15 is 0 Å². The van der Waals surface area contributed by atoms with Crippen LogP contribution in [0.3, 0.4) is 0 Å². The molecule has 1 N–H and O–H groups in total. The van der Waals surface area contributed by atoms with Crippen molar-refractivity contribution in [3.63, 3.8) is 0 Å². The van der Waals surface area contributed by atoms with Crippen molar-refractivity contribution < 1.29 is 14.3 Å². The number of aryl methyl sites for hydroxylation is 1. The van der Waals surface area contributed by atoms with Crippen molar-refractivity contribution in [2.45, 2.75) is 58.2 Å². The molecule has 1 fully saturated rings. The first-order valence-corrected chi connectivity index (χ1v) is 11.8. The third-order valence-electron chi connectivity index (χ3n) is 5.69. The maximum absolute atomic E-state index is 12.4. The molecule has 0 bridgehead atoms. The Bertz CT molecular complexity index is 1110. The van der Waals surface area contributed by atoms with Crippen LogP contribution in [-0.2, 0) is 16.0 Å². The Kier molecular flexibility index (Phi) is 6.91. The third-order valence-corrected chi connectivity index (χ3v) is 5.89. The van der Waals surface area contributed by atoms with Gasteiger partial charge < -0.3 is 14.8 Å². The fourth-order valence-electron chi connectivity index (χ4n) is 4.07. The lowest BCUT2D eigenvalue weighted by molar-refractivity contribution is 0.0432. The molecule has 2 heterocycles. The van der Waals surface area contributed by atoms with Crippen molar-refractivity contribution in [2.75, 3.05) is 13.2 Å². The summed E-state index contributed by atoms with van der Waals surface area (Å²) >= 11 is 6.27. The van der Waals surface area contributed by atoms with Gasteiger partial charge in [0.1, 0.15) is 10.8 Å². The minimum atomic E-state index is -0.562. The Morgan fingerprint density at radius 3 is 2.76 bits per heavy atom. The average Bonchev–Trinajstić information content (AvgIpc) is 3.41. The second-order valence-electron chi connectivity index (χ2n) is 9.48. The van der Waals surface area contributed by atoms with Crippen LogP contribution in [-0.4, -0.2) is 39.7 Å². The molecule has 2 aromatic heterocycles. The summed E-state index contributed by atoms with van der Waals surface area (Å²) in [5.41, 5.74) is 2.47. The van der Waals surface area contributed by atoms with Crippen molar-refractivity contribution in [3.05, 3.63) is 59.0 Å². The molecule has 0 aliphatic heterocycles. The van der Waals surface area contributed by atoms with E-state index in [9.17, 15) is 4.79 Å². The van der Waals surface area contributed by atoms with Crippen molar-refractivity contribution in [1.82, 2.24) is 20.1 Å². The van der Waals surface area contributed by atoms with E-state index in [0.29, 0.717) is 30.2 Å². The molecule has 1 aliphatic rings. The van der Waals surface area contributed by atoms with Crippen LogP contribution in [0.25, 0.3) is 10.9 Å². The molecular formula is C25H31ClN4O3. The van der Waals surface area contributed by atoms with Crippen LogP contribution >= 0.6 is 11.6 Å². The lowest BCUT2D eigenvalue weighted by Gasteiger charge is -2.24. The molecule has 2 unspecified atom stereocenters. The van der Waals surface area contributed by atoms with E-state index in [1.807, 2.05) is 68.0 Å². The fraction of sp³-hybridized carbons (Fsp3) is 0.480. The van der Waals surface area contributed by atoms with Crippen molar-refractivity contribution in [1.29, 1.82) is 0 Å². The molecule has 1 aromatic carbocycles. The van der Waals surface area contributed by atoms with Crippen molar-refractivity contribution in [2.24, 2.45) is 5.92 Å². The van der Waals surface area contributed by atoms with Gasteiger partial charge in [0.05, 0.1) is 36.7 Å². The molecule has 3 atom stereocenters. The summed E-state index contributed by atoms with van der Waals surface area (Å²) < 4.78 is 13.5. The number of hydrogen-bond acceptors (Lipinski definition) is 5. The van der Waals surface area contributed by atoms with Crippen LogP contribution < -0.4 is 5.32 Å². The Labute approximate surface area is 199 Å². The minimum Gasteiger partial charge on any atom is -0.444 e. The van der Waals surface area contributed by atoms with Crippen molar-refractivity contribution >= 4 is 28.6 Å². The molecule has 0 spiro atoms. The van der Waals surface area contributed by atoms with Crippen LogP contribution in [0.15, 0.2) is 42.6 Å². The molecule has 8 heteroatoms. The van der Waals surface area contributed by atoms with Gasteiger partial charge in [-0.15, -0.1) is 0 Å². The predicted molar refractivity (Wildman–Crippen MR) is 128 cm³/mol. The summed E-state index contributed by atoms with van der Waals surface area (Å²) in [6.45, 7) is 9.33. The first-order chi connectivity index (χ1) is 15.7. The van der Waals surface area contributed by atoms with E-state index < -0.39 is 11.7 Å². The molecule has 1 saturated carbocycles. The lowest BCUT2D eigenvalue weighted by atomic mass is 10.1. The summed E-state index contributed by atoms with van der Waals surface area (Å²) in [6, 6.07) is 11.4. The normalized spacial score (nSPS) is 18.8. The quantitative estimate of drug-likeness (QED) is 0.440. The minimum absolute atomic E-state index is 0.294. The zero-order chi connectivity index (χ0) is 23.6. The number of nitrogens with zero attached hydrogens (tertiary/aromatic N) is 3. The summed E-state index contributed by atoms with van der Waals surface area (Å²) in [7, 11) is 0. The van der Waals surface area contributed by atoms with Crippen LogP contribution in [0.1, 0.15) is 57.3 Å². The number of fused-ring (bicyclic) bond motifs is 1. The van der Waals surface area contributed by atoms with Gasteiger partial charge in [-0.1, -0.05) is 41.9 Å². The number of carbonyl (C=O) groups excluding carboxylic acids is 1. The van der Waals surface area contributed by atoms with E-state index in [1.165, 1.54) is 0 Å². The highest BCUT2D eigenvalue weighted by molar-refractivity contribution is 6.30. The Balaban J connectivity index is 1.39. The Morgan fingerprint density at radius 2 is 2.06 bits per heavy atom. The number of halogens is 1. The van der Waals surface area contributed by atoms with Gasteiger partial charge in [0, 0.05) is 17.8 Å². The maximum Gasteiger partial charge on any atom is 0.408 e. The first-order valence-electron chi connectivity index (χ1n) is 11.4. The number of amides is 1. The average molecular weight is 471 g/mol. The number of pyridine rings is 1. The smallest absolute Gasteiger partial charge is 0.408 e. The second kappa shape index (κ2) is 9.69. The van der Waals surface area contributed by atoms with E-state index in [2.05, 4.69) is 22.3 Å². The zero-order valence-electron chi connectivity index (χ0n) is 19.5. The molecule has 1 amide bonds. The topological polar surface area (TPSA) is 78.3 Å². The Morgan fingerprint density at radius 1 is 1.30 bits per heavy atom. The molecule has 7 nitrogen and oxygen atoms in total. The standard InChI is InChI=1S/C25H31ClN4O3/c1-5-30-23-17(13-27-30)12-21(26)29-22(23)19-11-18(19)14-32-15-20(16-9-7-6-8-10-16)28-24(31)33-25(2,3)4/h6-10,12-13,18-20H,5,11,14-15H2,1-4H3,(H,28,31)/t18?,19?,20-/m1/s1.